The molecule has 1 fully saturated rings. The number of nitrogens with zero attached hydrogens (tertiary/aromatic N) is 2. The molecule has 0 radical (unpaired) electrons. The predicted octanol–water partition coefficient (Wildman–Crippen LogP) is 6.43. The molecule has 0 bridgehead atoms. The molecule has 1 aliphatic carbocycles. The fraction of sp³-hybridized carbons (Fsp3) is 0.310. The van der Waals surface area contributed by atoms with Crippen molar-refractivity contribution in [1.82, 2.24) is 10.2 Å². The van der Waals surface area contributed by atoms with E-state index in [0.717, 1.165) is 40.0 Å². The summed E-state index contributed by atoms with van der Waals surface area (Å²) in [5.74, 6) is -0.849. The molecule has 40 heavy (non-hydrogen) atoms. The minimum absolute atomic E-state index is 0.00189. The smallest absolute Gasteiger partial charge is 0.264 e. The number of rotatable bonds is 10. The molecule has 1 aliphatic rings. The SMILES string of the molecule is C[C@H](C(=O)NC1CCCC1)N(Cc1cccc(Br)c1)C(=O)CN(c1cccc(Cl)c1Cl)S(=O)(=O)c1ccccc1. The van der Waals surface area contributed by atoms with E-state index in [9.17, 15) is 18.0 Å². The molecule has 7 nitrogen and oxygen atoms in total. The van der Waals surface area contributed by atoms with Crippen LogP contribution >= 0.6 is 39.1 Å². The first-order valence-corrected chi connectivity index (χ1v) is 15.9. The van der Waals surface area contributed by atoms with Crippen LogP contribution < -0.4 is 9.62 Å². The van der Waals surface area contributed by atoms with Crippen molar-refractivity contribution in [3.63, 3.8) is 0 Å². The van der Waals surface area contributed by atoms with E-state index in [0.29, 0.717) is 0 Å². The third-order valence-corrected chi connectivity index (χ3v) is 10.00. The minimum atomic E-state index is -4.23. The van der Waals surface area contributed by atoms with Gasteiger partial charge in [0.25, 0.3) is 10.0 Å². The van der Waals surface area contributed by atoms with Crippen LogP contribution in [0, 0.1) is 0 Å². The van der Waals surface area contributed by atoms with Crippen molar-refractivity contribution in [3.8, 4) is 0 Å². The Morgan fingerprint density at radius 3 is 2.35 bits per heavy atom. The number of nitrogens with one attached hydrogen (secondary N) is 1. The van der Waals surface area contributed by atoms with Gasteiger partial charge in [0, 0.05) is 17.1 Å². The van der Waals surface area contributed by atoms with Gasteiger partial charge >= 0.3 is 0 Å². The van der Waals surface area contributed by atoms with Crippen LogP contribution in [0.25, 0.3) is 0 Å². The molecule has 0 aliphatic heterocycles. The first-order valence-electron chi connectivity index (χ1n) is 12.9. The molecule has 1 atom stereocenters. The first kappa shape index (κ1) is 30.4. The lowest BCUT2D eigenvalue weighted by Gasteiger charge is -2.32. The third kappa shape index (κ3) is 7.18. The molecule has 1 N–H and O–H groups in total. The summed E-state index contributed by atoms with van der Waals surface area (Å²) < 4.78 is 29.5. The quantitative estimate of drug-likeness (QED) is 0.270. The average Bonchev–Trinajstić information content (AvgIpc) is 3.45. The zero-order valence-corrected chi connectivity index (χ0v) is 25.8. The van der Waals surface area contributed by atoms with Gasteiger partial charge < -0.3 is 10.2 Å². The number of hydrogen-bond donors (Lipinski definition) is 1. The minimum Gasteiger partial charge on any atom is -0.352 e. The van der Waals surface area contributed by atoms with Crippen molar-refractivity contribution < 1.29 is 18.0 Å². The zero-order chi connectivity index (χ0) is 28.9. The highest BCUT2D eigenvalue weighted by atomic mass is 79.9. The Bertz CT molecular complexity index is 1470. The molecule has 0 aromatic heterocycles. The second-order valence-corrected chi connectivity index (χ2v) is 13.3. The number of amides is 2. The van der Waals surface area contributed by atoms with Crippen LogP contribution in [-0.4, -0.2) is 43.8 Å². The molecule has 0 heterocycles. The van der Waals surface area contributed by atoms with Gasteiger partial charge in [0.15, 0.2) is 0 Å². The molecular formula is C29H30BrCl2N3O4S. The van der Waals surface area contributed by atoms with Crippen molar-refractivity contribution in [2.45, 2.75) is 56.1 Å². The number of anilines is 1. The van der Waals surface area contributed by atoms with Crippen LogP contribution in [0.2, 0.25) is 10.0 Å². The number of carbonyl (C=O) groups is 2. The van der Waals surface area contributed by atoms with E-state index >= 15 is 0 Å². The van der Waals surface area contributed by atoms with Crippen molar-refractivity contribution >= 4 is 66.7 Å². The highest BCUT2D eigenvalue weighted by molar-refractivity contribution is 9.10. The fourth-order valence-corrected chi connectivity index (χ4v) is 7.07. The number of hydrogen-bond acceptors (Lipinski definition) is 4. The van der Waals surface area contributed by atoms with Crippen LogP contribution in [0.15, 0.2) is 82.2 Å². The Balaban J connectivity index is 1.71. The predicted molar refractivity (Wildman–Crippen MR) is 162 cm³/mol. The topological polar surface area (TPSA) is 86.8 Å². The Morgan fingerprint density at radius 2 is 1.68 bits per heavy atom. The molecule has 0 unspecified atom stereocenters. The first-order chi connectivity index (χ1) is 19.1. The second kappa shape index (κ2) is 13.4. The number of halogens is 3. The zero-order valence-electron chi connectivity index (χ0n) is 21.9. The highest BCUT2D eigenvalue weighted by Crippen LogP contribution is 2.35. The average molecular weight is 667 g/mol. The molecule has 0 spiro atoms. The summed E-state index contributed by atoms with van der Waals surface area (Å²) in [5.41, 5.74) is 0.846. The third-order valence-electron chi connectivity index (χ3n) is 6.92. The van der Waals surface area contributed by atoms with E-state index in [1.165, 1.54) is 29.2 Å². The van der Waals surface area contributed by atoms with E-state index < -0.39 is 28.5 Å². The number of carbonyl (C=O) groups excluding carboxylic acids is 2. The lowest BCUT2D eigenvalue weighted by Crippen LogP contribution is -2.52. The Morgan fingerprint density at radius 1 is 1.00 bits per heavy atom. The summed E-state index contributed by atoms with van der Waals surface area (Å²) in [5, 5.41) is 3.21. The van der Waals surface area contributed by atoms with Gasteiger partial charge in [-0.05, 0) is 61.7 Å². The standard InChI is InChI=1S/C29H30BrCl2N3O4S/c1-20(29(37)33-23-11-5-6-12-23)34(18-21-9-7-10-22(30)17-21)27(36)19-35(26-16-8-15-25(31)28(26)32)40(38,39)24-13-3-2-4-14-24/h2-4,7-10,13-17,20,23H,5-6,11-12,18-19H2,1H3,(H,33,37)/t20-/m1/s1. The van der Waals surface area contributed by atoms with E-state index in [1.807, 2.05) is 24.3 Å². The van der Waals surface area contributed by atoms with Gasteiger partial charge in [-0.3, -0.25) is 13.9 Å². The fourth-order valence-electron chi connectivity index (χ4n) is 4.72. The van der Waals surface area contributed by atoms with Crippen molar-refractivity contribution in [1.29, 1.82) is 0 Å². The maximum absolute atomic E-state index is 14.0. The maximum Gasteiger partial charge on any atom is 0.264 e. The Labute approximate surface area is 253 Å². The van der Waals surface area contributed by atoms with E-state index in [-0.39, 0.29) is 39.1 Å². The molecule has 1 saturated carbocycles. The Hall–Kier alpha value is -2.59. The van der Waals surface area contributed by atoms with E-state index in [1.54, 1.807) is 31.2 Å². The molecule has 3 aromatic carbocycles. The van der Waals surface area contributed by atoms with Crippen molar-refractivity contribution in [3.05, 3.63) is 92.9 Å². The molecule has 212 valence electrons. The highest BCUT2D eigenvalue weighted by Gasteiger charge is 2.34. The largest absolute Gasteiger partial charge is 0.352 e. The second-order valence-electron chi connectivity index (χ2n) is 9.72. The van der Waals surface area contributed by atoms with Crippen LogP contribution in [-0.2, 0) is 26.2 Å². The van der Waals surface area contributed by atoms with Crippen LogP contribution in [0.3, 0.4) is 0 Å². The molecule has 2 amide bonds. The monoisotopic (exact) mass is 665 g/mol. The summed E-state index contributed by atoms with van der Waals surface area (Å²) in [4.78, 5) is 28.7. The summed E-state index contributed by atoms with van der Waals surface area (Å²) in [6, 6.07) is 19.0. The Kier molecular flexibility index (Phi) is 10.2. The molecule has 0 saturated heterocycles. The lowest BCUT2D eigenvalue weighted by molar-refractivity contribution is -0.139. The molecular weight excluding hydrogens is 637 g/mol. The number of sulfonamides is 1. The van der Waals surface area contributed by atoms with Gasteiger partial charge in [0.2, 0.25) is 11.8 Å². The van der Waals surface area contributed by atoms with Gasteiger partial charge in [0.05, 0.1) is 20.6 Å². The van der Waals surface area contributed by atoms with Crippen LogP contribution in [0.4, 0.5) is 5.69 Å². The normalized spacial score (nSPS) is 14.5. The maximum atomic E-state index is 14.0. The van der Waals surface area contributed by atoms with Gasteiger partial charge in [-0.2, -0.15) is 0 Å². The summed E-state index contributed by atoms with van der Waals surface area (Å²) in [6.07, 6.45) is 3.89. The van der Waals surface area contributed by atoms with E-state index in [2.05, 4.69) is 21.2 Å². The van der Waals surface area contributed by atoms with Crippen molar-refractivity contribution in [2.75, 3.05) is 10.8 Å². The summed E-state index contributed by atoms with van der Waals surface area (Å²) in [7, 11) is -4.23. The van der Waals surface area contributed by atoms with Crippen LogP contribution in [0.1, 0.15) is 38.2 Å². The molecule has 3 aromatic rings. The van der Waals surface area contributed by atoms with Gasteiger partial charge in [-0.1, -0.05) is 88.4 Å². The van der Waals surface area contributed by atoms with Crippen LogP contribution in [0.5, 0.6) is 0 Å². The number of benzene rings is 3. The van der Waals surface area contributed by atoms with E-state index in [4.69, 9.17) is 23.2 Å². The van der Waals surface area contributed by atoms with Crippen molar-refractivity contribution in [2.24, 2.45) is 0 Å². The summed E-state index contributed by atoms with van der Waals surface area (Å²) >= 11 is 16.2. The molecule has 11 heteroatoms. The van der Waals surface area contributed by atoms with Gasteiger partial charge in [0.1, 0.15) is 12.6 Å². The molecule has 4 rings (SSSR count). The summed E-state index contributed by atoms with van der Waals surface area (Å²) in [6.45, 7) is 1.16. The van der Waals surface area contributed by atoms with Gasteiger partial charge in [-0.25, -0.2) is 8.42 Å². The van der Waals surface area contributed by atoms with Gasteiger partial charge in [-0.15, -0.1) is 0 Å². The lowest BCUT2D eigenvalue weighted by atomic mass is 10.1.